The summed E-state index contributed by atoms with van der Waals surface area (Å²) in [5.41, 5.74) is 1.95. The Labute approximate surface area is 130 Å². The maximum Gasteiger partial charge on any atom is 0.293 e. The van der Waals surface area contributed by atoms with Crippen molar-refractivity contribution in [1.29, 1.82) is 0 Å². The first-order valence-electron chi connectivity index (χ1n) is 7.70. The van der Waals surface area contributed by atoms with Gasteiger partial charge in [0.2, 0.25) is 5.76 Å². The van der Waals surface area contributed by atoms with Gasteiger partial charge in [-0.25, -0.2) is 0 Å². The van der Waals surface area contributed by atoms with Gasteiger partial charge in [0.15, 0.2) is 0 Å². The van der Waals surface area contributed by atoms with Crippen molar-refractivity contribution in [2.45, 2.75) is 25.8 Å². The number of hydrogen-bond acceptors (Lipinski definition) is 4. The molecule has 1 aliphatic heterocycles. The number of piperazine rings is 1. The number of carbonyl (C=O) groups is 1. The second-order valence-electron chi connectivity index (χ2n) is 5.90. The van der Waals surface area contributed by atoms with Gasteiger partial charge < -0.3 is 14.7 Å². The molecule has 1 aliphatic rings. The van der Waals surface area contributed by atoms with Crippen LogP contribution in [0.4, 0.5) is 0 Å². The molecule has 5 heteroatoms. The van der Waals surface area contributed by atoms with E-state index in [0.29, 0.717) is 12.3 Å². The molecule has 2 aromatic rings. The standard InChI is InChI=1S/C17H21N3O2/c1-12(2)14-10-16(22-19-14)17(21)20-9-8-18-11-15(20)13-6-4-3-5-7-13/h3-7,10,12,15,18H,8-9,11H2,1-2H3/t15-/m0/s1. The van der Waals surface area contributed by atoms with E-state index in [1.54, 1.807) is 6.07 Å². The SMILES string of the molecule is CC(C)c1cc(C(=O)N2CCNC[C@H]2c2ccccc2)on1. The van der Waals surface area contributed by atoms with Gasteiger partial charge >= 0.3 is 0 Å². The average Bonchev–Trinajstić information content (AvgIpc) is 3.05. The van der Waals surface area contributed by atoms with E-state index in [1.165, 1.54) is 0 Å². The van der Waals surface area contributed by atoms with E-state index in [0.717, 1.165) is 24.3 Å². The summed E-state index contributed by atoms with van der Waals surface area (Å²) in [6.07, 6.45) is 0. The number of nitrogens with one attached hydrogen (secondary N) is 1. The normalized spacial score (nSPS) is 18.7. The van der Waals surface area contributed by atoms with E-state index in [1.807, 2.05) is 36.9 Å². The Balaban J connectivity index is 1.85. The molecule has 1 N–H and O–H groups in total. The van der Waals surface area contributed by atoms with E-state index in [9.17, 15) is 4.79 Å². The van der Waals surface area contributed by atoms with E-state index in [2.05, 4.69) is 22.6 Å². The monoisotopic (exact) mass is 299 g/mol. The van der Waals surface area contributed by atoms with Crippen molar-refractivity contribution < 1.29 is 9.32 Å². The number of rotatable bonds is 3. The first-order chi connectivity index (χ1) is 10.7. The maximum absolute atomic E-state index is 12.8. The van der Waals surface area contributed by atoms with Crippen LogP contribution in [-0.4, -0.2) is 35.6 Å². The highest BCUT2D eigenvalue weighted by Crippen LogP contribution is 2.25. The molecular formula is C17H21N3O2. The zero-order valence-corrected chi connectivity index (χ0v) is 13.0. The van der Waals surface area contributed by atoms with Crippen LogP contribution >= 0.6 is 0 Å². The van der Waals surface area contributed by atoms with Crippen LogP contribution in [0.25, 0.3) is 0 Å². The van der Waals surface area contributed by atoms with Gasteiger partial charge in [-0.2, -0.15) is 0 Å². The largest absolute Gasteiger partial charge is 0.351 e. The van der Waals surface area contributed by atoms with Crippen molar-refractivity contribution in [1.82, 2.24) is 15.4 Å². The fourth-order valence-electron chi connectivity index (χ4n) is 2.72. The number of nitrogens with zero attached hydrogens (tertiary/aromatic N) is 2. The molecule has 1 aromatic carbocycles. The molecule has 0 radical (unpaired) electrons. The molecule has 1 atom stereocenters. The summed E-state index contributed by atoms with van der Waals surface area (Å²) in [4.78, 5) is 14.7. The number of benzene rings is 1. The van der Waals surface area contributed by atoms with Crippen LogP contribution in [-0.2, 0) is 0 Å². The van der Waals surface area contributed by atoms with Gasteiger partial charge in [-0.05, 0) is 11.5 Å². The molecule has 1 saturated heterocycles. The maximum atomic E-state index is 12.8. The van der Waals surface area contributed by atoms with Gasteiger partial charge in [-0.1, -0.05) is 49.3 Å². The van der Waals surface area contributed by atoms with Crippen molar-refractivity contribution in [2.75, 3.05) is 19.6 Å². The van der Waals surface area contributed by atoms with E-state index in [4.69, 9.17) is 4.52 Å². The second kappa shape index (κ2) is 6.32. The predicted molar refractivity (Wildman–Crippen MR) is 83.7 cm³/mol. The number of hydrogen-bond donors (Lipinski definition) is 1. The molecule has 2 heterocycles. The van der Waals surface area contributed by atoms with Crippen LogP contribution in [0.2, 0.25) is 0 Å². The first-order valence-corrected chi connectivity index (χ1v) is 7.70. The number of aromatic nitrogens is 1. The molecule has 0 saturated carbocycles. The third-order valence-electron chi connectivity index (χ3n) is 4.02. The van der Waals surface area contributed by atoms with Gasteiger partial charge in [0.1, 0.15) is 0 Å². The summed E-state index contributed by atoms with van der Waals surface area (Å²) in [7, 11) is 0. The fourth-order valence-corrected chi connectivity index (χ4v) is 2.72. The summed E-state index contributed by atoms with van der Waals surface area (Å²) in [5, 5.41) is 7.34. The number of amides is 1. The first kappa shape index (κ1) is 14.8. The minimum absolute atomic E-state index is 0.0232. The Morgan fingerprint density at radius 1 is 1.36 bits per heavy atom. The quantitative estimate of drug-likeness (QED) is 0.946. The Morgan fingerprint density at radius 2 is 2.14 bits per heavy atom. The molecular weight excluding hydrogens is 278 g/mol. The summed E-state index contributed by atoms with van der Waals surface area (Å²) in [6.45, 7) is 6.27. The fraction of sp³-hybridized carbons (Fsp3) is 0.412. The summed E-state index contributed by atoms with van der Waals surface area (Å²) in [5.74, 6) is 0.486. The van der Waals surface area contributed by atoms with Crippen LogP contribution in [0.5, 0.6) is 0 Å². The Bertz CT molecular complexity index is 636. The molecule has 0 unspecified atom stereocenters. The average molecular weight is 299 g/mol. The summed E-state index contributed by atoms with van der Waals surface area (Å²) in [6, 6.07) is 11.9. The molecule has 116 valence electrons. The highest BCUT2D eigenvalue weighted by molar-refractivity contribution is 5.92. The van der Waals surface area contributed by atoms with E-state index in [-0.39, 0.29) is 17.9 Å². The van der Waals surface area contributed by atoms with Gasteiger partial charge in [-0.3, -0.25) is 4.79 Å². The molecule has 22 heavy (non-hydrogen) atoms. The van der Waals surface area contributed by atoms with Crippen LogP contribution in [0.1, 0.15) is 47.6 Å². The van der Waals surface area contributed by atoms with Crippen molar-refractivity contribution in [3.05, 3.63) is 53.4 Å². The molecule has 3 rings (SSSR count). The van der Waals surface area contributed by atoms with Crippen LogP contribution < -0.4 is 5.32 Å². The van der Waals surface area contributed by atoms with Crippen LogP contribution in [0, 0.1) is 0 Å². The molecule has 1 amide bonds. The molecule has 1 aromatic heterocycles. The zero-order chi connectivity index (χ0) is 15.5. The zero-order valence-electron chi connectivity index (χ0n) is 13.0. The van der Waals surface area contributed by atoms with E-state index >= 15 is 0 Å². The van der Waals surface area contributed by atoms with Gasteiger partial charge in [0.05, 0.1) is 11.7 Å². The van der Waals surface area contributed by atoms with E-state index < -0.39 is 0 Å². The molecule has 0 bridgehead atoms. The second-order valence-corrected chi connectivity index (χ2v) is 5.90. The third-order valence-corrected chi connectivity index (χ3v) is 4.02. The molecule has 0 spiro atoms. The lowest BCUT2D eigenvalue weighted by Crippen LogP contribution is -2.48. The Hall–Kier alpha value is -2.14. The summed E-state index contributed by atoms with van der Waals surface area (Å²) >= 11 is 0. The smallest absolute Gasteiger partial charge is 0.293 e. The topological polar surface area (TPSA) is 58.4 Å². The summed E-state index contributed by atoms with van der Waals surface area (Å²) < 4.78 is 5.26. The van der Waals surface area contributed by atoms with Crippen molar-refractivity contribution in [2.24, 2.45) is 0 Å². The predicted octanol–water partition coefficient (Wildman–Crippen LogP) is 2.58. The van der Waals surface area contributed by atoms with Crippen molar-refractivity contribution in [3.63, 3.8) is 0 Å². The van der Waals surface area contributed by atoms with Crippen molar-refractivity contribution in [3.8, 4) is 0 Å². The highest BCUT2D eigenvalue weighted by atomic mass is 16.5. The van der Waals surface area contributed by atoms with Gasteiger partial charge in [0, 0.05) is 25.7 Å². The Kier molecular flexibility index (Phi) is 4.24. The lowest BCUT2D eigenvalue weighted by Gasteiger charge is -2.35. The van der Waals surface area contributed by atoms with Gasteiger partial charge in [-0.15, -0.1) is 0 Å². The van der Waals surface area contributed by atoms with Gasteiger partial charge in [0.25, 0.3) is 5.91 Å². The minimum atomic E-state index is -0.0882. The number of carbonyl (C=O) groups excluding carboxylic acids is 1. The van der Waals surface area contributed by atoms with Crippen LogP contribution in [0.3, 0.4) is 0 Å². The lowest BCUT2D eigenvalue weighted by atomic mass is 10.0. The van der Waals surface area contributed by atoms with Crippen molar-refractivity contribution >= 4 is 5.91 Å². The third kappa shape index (κ3) is 2.90. The minimum Gasteiger partial charge on any atom is -0.351 e. The Morgan fingerprint density at radius 3 is 2.82 bits per heavy atom. The molecule has 1 fully saturated rings. The highest BCUT2D eigenvalue weighted by Gasteiger charge is 2.30. The molecule has 5 nitrogen and oxygen atoms in total. The molecule has 0 aliphatic carbocycles. The lowest BCUT2D eigenvalue weighted by molar-refractivity contribution is 0.0592. The van der Waals surface area contributed by atoms with Crippen LogP contribution in [0.15, 0.2) is 40.9 Å².